The van der Waals surface area contributed by atoms with Gasteiger partial charge in [0, 0.05) is 36.4 Å². The van der Waals surface area contributed by atoms with Gasteiger partial charge in [-0.15, -0.1) is 11.3 Å². The molecule has 2 N–H and O–H groups in total. The molecule has 0 amide bonds. The van der Waals surface area contributed by atoms with Gasteiger partial charge < -0.3 is 15.2 Å². The number of halogens is 1. The zero-order chi connectivity index (χ0) is 20.7. The first-order valence-corrected chi connectivity index (χ1v) is 10.8. The number of nitrogens with one attached hydrogen (secondary N) is 1. The van der Waals surface area contributed by atoms with Gasteiger partial charge in [0.05, 0.1) is 5.56 Å². The second-order valence-electron chi connectivity index (χ2n) is 8.06. The molecule has 2 fully saturated rings. The summed E-state index contributed by atoms with van der Waals surface area (Å²) >= 11 is 1.26. The molecule has 2 aliphatic rings. The van der Waals surface area contributed by atoms with Crippen molar-refractivity contribution >= 4 is 28.5 Å². The molecular weight excluding hydrogens is 389 g/mol. The van der Waals surface area contributed by atoms with Crippen molar-refractivity contribution in [3.05, 3.63) is 51.5 Å². The maximum atomic E-state index is 14.0. The summed E-state index contributed by atoms with van der Waals surface area (Å²) in [7, 11) is 0. The highest BCUT2D eigenvalue weighted by atomic mass is 32.1. The normalized spacial score (nSPS) is 21.8. The number of anilines is 1. The van der Waals surface area contributed by atoms with Crippen molar-refractivity contribution in [1.82, 2.24) is 0 Å². The minimum absolute atomic E-state index is 0.0346. The van der Waals surface area contributed by atoms with E-state index in [0.29, 0.717) is 33.9 Å². The van der Waals surface area contributed by atoms with E-state index in [1.54, 1.807) is 12.1 Å². The average molecular weight is 416 g/mol. The summed E-state index contributed by atoms with van der Waals surface area (Å²) in [6.45, 7) is 9.00. The maximum Gasteiger partial charge on any atom is 0.173 e. The summed E-state index contributed by atoms with van der Waals surface area (Å²) in [5, 5.41) is 13.8. The molecule has 0 bridgehead atoms. The Hall–Kier alpha value is -2.18. The molecule has 1 saturated carbocycles. The minimum atomic E-state index is -0.248. The van der Waals surface area contributed by atoms with Crippen molar-refractivity contribution in [2.75, 3.05) is 18.5 Å². The van der Waals surface area contributed by atoms with E-state index in [-0.39, 0.29) is 17.3 Å². The topological polar surface area (TPSA) is 58.6 Å². The molecule has 1 aliphatic carbocycles. The molecular formula is C23H26FNO3S. The third kappa shape index (κ3) is 3.96. The minimum Gasteiger partial charge on any atom is -0.506 e. The number of hydrogen-bond acceptors (Lipinski definition) is 5. The van der Waals surface area contributed by atoms with Gasteiger partial charge >= 0.3 is 0 Å². The Morgan fingerprint density at radius 2 is 2.07 bits per heavy atom. The number of carbonyl (C=O) groups excluding carboxylic acids is 1. The number of ketones is 1. The van der Waals surface area contributed by atoms with E-state index >= 15 is 0 Å². The summed E-state index contributed by atoms with van der Waals surface area (Å²) in [4.78, 5) is 12.9. The fourth-order valence-corrected chi connectivity index (χ4v) is 5.51. The molecule has 1 saturated heterocycles. The van der Waals surface area contributed by atoms with Crippen LogP contribution in [-0.4, -0.2) is 24.1 Å². The molecule has 2 aromatic rings. The third-order valence-electron chi connectivity index (χ3n) is 6.09. The molecule has 4 nitrogen and oxygen atoms in total. The quantitative estimate of drug-likeness (QED) is 0.593. The van der Waals surface area contributed by atoms with Gasteiger partial charge in [-0.3, -0.25) is 4.79 Å². The van der Waals surface area contributed by atoms with Crippen LogP contribution in [0.4, 0.5) is 10.1 Å². The summed E-state index contributed by atoms with van der Waals surface area (Å²) in [5.74, 6) is 1.07. The summed E-state index contributed by atoms with van der Waals surface area (Å²) in [6.07, 6.45) is 3.20. The molecule has 2 atom stereocenters. The number of Topliss-reactive ketones (excluding diaryl/α,β-unsaturated/α-hetero) is 1. The molecule has 2 heterocycles. The number of benzene rings is 1. The van der Waals surface area contributed by atoms with Gasteiger partial charge in [0.2, 0.25) is 0 Å². The Labute approximate surface area is 174 Å². The van der Waals surface area contributed by atoms with Gasteiger partial charge in [-0.25, -0.2) is 4.39 Å². The molecule has 6 heteroatoms. The maximum absolute atomic E-state index is 14.0. The number of ether oxygens (including phenoxy) is 1. The van der Waals surface area contributed by atoms with Crippen LogP contribution in [0.3, 0.4) is 0 Å². The number of carbonyl (C=O) groups is 1. The highest BCUT2D eigenvalue weighted by molar-refractivity contribution is 7.14. The van der Waals surface area contributed by atoms with Crippen molar-refractivity contribution in [3.8, 4) is 5.75 Å². The van der Waals surface area contributed by atoms with Gasteiger partial charge in [0.25, 0.3) is 0 Å². The monoisotopic (exact) mass is 415 g/mol. The zero-order valence-electron chi connectivity index (χ0n) is 16.8. The van der Waals surface area contributed by atoms with E-state index in [2.05, 4.69) is 11.9 Å². The Morgan fingerprint density at radius 3 is 2.72 bits per heavy atom. The smallest absolute Gasteiger partial charge is 0.173 e. The number of rotatable bonds is 6. The molecule has 154 valence electrons. The highest BCUT2D eigenvalue weighted by Crippen LogP contribution is 2.56. The van der Waals surface area contributed by atoms with E-state index < -0.39 is 0 Å². The Kier molecular flexibility index (Phi) is 5.49. The first-order chi connectivity index (χ1) is 13.9. The molecule has 1 aliphatic heterocycles. The van der Waals surface area contributed by atoms with Gasteiger partial charge in [-0.05, 0) is 67.7 Å². The van der Waals surface area contributed by atoms with Crippen LogP contribution in [-0.2, 0) is 4.74 Å². The summed E-state index contributed by atoms with van der Waals surface area (Å²) < 4.78 is 19.5. The van der Waals surface area contributed by atoms with Gasteiger partial charge in [0.15, 0.2) is 5.78 Å². The third-order valence-corrected chi connectivity index (χ3v) is 7.29. The van der Waals surface area contributed by atoms with Crippen molar-refractivity contribution in [2.45, 2.75) is 39.0 Å². The molecule has 1 aromatic heterocycles. The van der Waals surface area contributed by atoms with Crippen LogP contribution < -0.4 is 5.32 Å². The lowest BCUT2D eigenvalue weighted by Gasteiger charge is -2.22. The number of thiophene rings is 1. The number of aromatic hydroxyl groups is 1. The van der Waals surface area contributed by atoms with Crippen molar-refractivity contribution in [1.29, 1.82) is 0 Å². The van der Waals surface area contributed by atoms with Gasteiger partial charge in [0.1, 0.15) is 16.4 Å². The van der Waals surface area contributed by atoms with E-state index in [9.17, 15) is 14.3 Å². The molecule has 4 rings (SSSR count). The predicted molar refractivity (Wildman–Crippen MR) is 114 cm³/mol. The number of hydrogen-bond donors (Lipinski definition) is 2. The van der Waals surface area contributed by atoms with Crippen molar-refractivity contribution in [2.24, 2.45) is 11.8 Å². The van der Waals surface area contributed by atoms with Crippen molar-refractivity contribution in [3.63, 3.8) is 0 Å². The zero-order valence-corrected chi connectivity index (χ0v) is 17.6. The van der Waals surface area contributed by atoms with E-state index in [1.807, 2.05) is 6.92 Å². The van der Waals surface area contributed by atoms with Gasteiger partial charge in [-0.1, -0.05) is 6.58 Å². The molecule has 0 spiro atoms. The van der Waals surface area contributed by atoms with E-state index in [0.717, 1.165) is 48.6 Å². The van der Waals surface area contributed by atoms with Crippen LogP contribution in [0.1, 0.15) is 57.8 Å². The number of aryl methyl sites for hydroxylation is 1. The Morgan fingerprint density at radius 1 is 1.34 bits per heavy atom. The standard InChI is InChI=1S/C23H26FNO3S/c1-12(21-14(3)29-23(13(2)26)22(21)27)25-20-5-4-16(24)10-19(20)18-11-17(18)15-6-8-28-9-7-15/h4-5,10,15,17-18,25,27H,1,6-9,11H2,2-3H3. The van der Waals surface area contributed by atoms with E-state index in [1.165, 1.54) is 24.3 Å². The second kappa shape index (κ2) is 7.92. The van der Waals surface area contributed by atoms with Crippen LogP contribution in [0, 0.1) is 24.6 Å². The molecule has 0 radical (unpaired) electrons. The van der Waals surface area contributed by atoms with Crippen LogP contribution in [0.25, 0.3) is 5.70 Å². The lowest BCUT2D eigenvalue weighted by atomic mass is 9.92. The summed E-state index contributed by atoms with van der Waals surface area (Å²) in [5.41, 5.74) is 2.83. The molecule has 1 aromatic carbocycles. The van der Waals surface area contributed by atoms with E-state index in [4.69, 9.17) is 4.74 Å². The highest BCUT2D eigenvalue weighted by Gasteiger charge is 2.45. The molecule has 29 heavy (non-hydrogen) atoms. The fourth-order valence-electron chi connectivity index (χ4n) is 4.54. The average Bonchev–Trinajstić information content (AvgIpc) is 3.42. The van der Waals surface area contributed by atoms with Crippen molar-refractivity contribution < 1.29 is 19.0 Å². The first kappa shape index (κ1) is 20.1. The van der Waals surface area contributed by atoms with Crippen LogP contribution in [0.5, 0.6) is 5.75 Å². The second-order valence-corrected chi connectivity index (χ2v) is 9.28. The summed E-state index contributed by atoms with van der Waals surface area (Å²) in [6, 6.07) is 4.78. The lowest BCUT2D eigenvalue weighted by Crippen LogP contribution is -2.17. The van der Waals surface area contributed by atoms with Gasteiger partial charge in [-0.2, -0.15) is 0 Å². The van der Waals surface area contributed by atoms with Crippen LogP contribution >= 0.6 is 11.3 Å². The van der Waals surface area contributed by atoms with Crippen LogP contribution in [0.15, 0.2) is 24.8 Å². The Balaban J connectivity index is 1.57. The first-order valence-electron chi connectivity index (χ1n) is 10.0. The SMILES string of the molecule is C=C(Nc1ccc(F)cc1C1CC1C1CCOCC1)c1c(C)sc(C(C)=O)c1O. The largest absolute Gasteiger partial charge is 0.506 e. The fraction of sp³-hybridized carbons (Fsp3) is 0.435. The predicted octanol–water partition coefficient (Wildman–Crippen LogP) is 5.72. The Bertz CT molecular complexity index is 961. The molecule has 2 unspecified atom stereocenters. The lowest BCUT2D eigenvalue weighted by molar-refractivity contribution is 0.0592. The van der Waals surface area contributed by atoms with Crippen LogP contribution in [0.2, 0.25) is 0 Å².